The molecule has 0 saturated heterocycles. The van der Waals surface area contributed by atoms with Crippen LogP contribution in [0, 0.1) is 0 Å². The molecular formula is C14H11N13. The Morgan fingerprint density at radius 2 is 1.85 bits per heavy atom. The van der Waals surface area contributed by atoms with Gasteiger partial charge in [0.05, 0.1) is 24.3 Å². The molecule has 4 aromatic heterocycles. The second-order valence-electron chi connectivity index (χ2n) is 5.46. The average molecular weight is 361 g/mol. The zero-order chi connectivity index (χ0) is 18.1. The number of rotatable bonds is 4. The van der Waals surface area contributed by atoms with Crippen LogP contribution in [0.1, 0.15) is 11.5 Å². The maximum Gasteiger partial charge on any atom is 0.223 e. The number of hydrogen-bond donors (Lipinski definition) is 2. The lowest BCUT2D eigenvalue weighted by atomic mass is 10.2. The number of aromatic amines is 2. The van der Waals surface area contributed by atoms with Crippen LogP contribution >= 0.6 is 0 Å². The van der Waals surface area contributed by atoms with Crippen LogP contribution in [-0.4, -0.2) is 62.9 Å². The van der Waals surface area contributed by atoms with Gasteiger partial charge in [-0.05, 0) is 17.3 Å². The smallest absolute Gasteiger partial charge is 0.223 e. The number of tetrazole rings is 1. The molecule has 0 radical (unpaired) electrons. The number of aromatic nitrogens is 11. The molecule has 4 aromatic rings. The predicted molar refractivity (Wildman–Crippen MR) is 91.3 cm³/mol. The van der Waals surface area contributed by atoms with Crippen molar-refractivity contribution in [2.24, 2.45) is 0 Å². The van der Waals surface area contributed by atoms with Crippen molar-refractivity contribution in [2.45, 2.75) is 0 Å². The average Bonchev–Trinajstić information content (AvgIpc) is 3.48. The first-order valence-electron chi connectivity index (χ1n) is 7.84. The Balaban J connectivity index is 1.75. The second kappa shape index (κ2) is 6.21. The van der Waals surface area contributed by atoms with Gasteiger partial charge in [-0.15, -0.1) is 15.3 Å². The minimum Gasteiger partial charge on any atom is -0.316 e. The fraction of sp³-hybridized carbons (Fsp3) is 0.0714. The molecule has 5 heterocycles. The molecule has 0 unspecified atom stereocenters. The predicted octanol–water partition coefficient (Wildman–Crippen LogP) is -0.292. The standard InChI is InChI=1S/C14H11N13/c1-2-11(20-17-3-1)27-8-26(9-4-15-7-16-5-9)12(10-6-18-23-19-10)13(27)14-21-24-25-22-14/h1-7H,8H2,(H,18,19,23)(H,21,22,24,25). The summed E-state index contributed by atoms with van der Waals surface area (Å²) in [6.07, 6.45) is 8.12. The summed E-state index contributed by atoms with van der Waals surface area (Å²) in [5.41, 5.74) is 2.74. The zero-order valence-electron chi connectivity index (χ0n) is 13.7. The Bertz CT molecular complexity index is 957. The lowest BCUT2D eigenvalue weighted by Crippen LogP contribution is -2.28. The summed E-state index contributed by atoms with van der Waals surface area (Å²) in [4.78, 5) is 12.1. The molecule has 2 N–H and O–H groups in total. The van der Waals surface area contributed by atoms with Crippen LogP contribution in [0.15, 0.2) is 43.2 Å². The molecule has 0 aliphatic carbocycles. The molecular weight excluding hydrogens is 350 g/mol. The van der Waals surface area contributed by atoms with Crippen molar-refractivity contribution >= 4 is 22.9 Å². The third kappa shape index (κ3) is 2.53. The number of nitrogens with zero attached hydrogens (tertiary/aromatic N) is 11. The monoisotopic (exact) mass is 361 g/mol. The highest BCUT2D eigenvalue weighted by Gasteiger charge is 2.37. The SMILES string of the molecule is c1cnnc(N2CN(c3cncnc3)C(c3cn[nH]n3)=C2c2nn[nH]n2)c1. The molecule has 0 saturated carbocycles. The molecule has 13 nitrogen and oxygen atoms in total. The number of anilines is 2. The second-order valence-corrected chi connectivity index (χ2v) is 5.46. The zero-order valence-corrected chi connectivity index (χ0v) is 13.7. The van der Waals surface area contributed by atoms with E-state index in [-0.39, 0.29) is 0 Å². The lowest BCUT2D eigenvalue weighted by Gasteiger charge is -2.22. The fourth-order valence-corrected chi connectivity index (χ4v) is 2.87. The van der Waals surface area contributed by atoms with E-state index in [1.54, 1.807) is 30.9 Å². The van der Waals surface area contributed by atoms with Gasteiger partial charge in [-0.3, -0.25) is 0 Å². The summed E-state index contributed by atoms with van der Waals surface area (Å²) in [5.74, 6) is 1.01. The number of hydrogen-bond acceptors (Lipinski definition) is 11. The Morgan fingerprint density at radius 1 is 0.926 bits per heavy atom. The first kappa shape index (κ1) is 15.0. The van der Waals surface area contributed by atoms with Crippen molar-refractivity contribution in [2.75, 3.05) is 16.5 Å². The van der Waals surface area contributed by atoms with Crippen molar-refractivity contribution in [1.29, 1.82) is 0 Å². The van der Waals surface area contributed by atoms with Crippen LogP contribution in [0.25, 0.3) is 11.4 Å². The third-order valence-electron chi connectivity index (χ3n) is 3.96. The minimum absolute atomic E-state index is 0.387. The van der Waals surface area contributed by atoms with E-state index in [0.29, 0.717) is 35.4 Å². The van der Waals surface area contributed by atoms with E-state index in [2.05, 4.69) is 56.2 Å². The highest BCUT2D eigenvalue weighted by Crippen LogP contribution is 2.39. The molecule has 0 bridgehead atoms. The maximum atomic E-state index is 4.24. The summed E-state index contributed by atoms with van der Waals surface area (Å²) in [6, 6.07) is 3.65. The summed E-state index contributed by atoms with van der Waals surface area (Å²) < 4.78 is 0. The van der Waals surface area contributed by atoms with Crippen molar-refractivity contribution in [3.05, 3.63) is 54.8 Å². The van der Waals surface area contributed by atoms with Crippen LogP contribution in [0.3, 0.4) is 0 Å². The van der Waals surface area contributed by atoms with Gasteiger partial charge < -0.3 is 9.80 Å². The molecule has 13 heteroatoms. The van der Waals surface area contributed by atoms with E-state index < -0.39 is 0 Å². The highest BCUT2D eigenvalue weighted by atomic mass is 15.5. The van der Waals surface area contributed by atoms with Gasteiger partial charge in [-0.25, -0.2) is 9.97 Å². The molecule has 132 valence electrons. The molecule has 0 aromatic carbocycles. The molecule has 0 spiro atoms. The highest BCUT2D eigenvalue weighted by molar-refractivity contribution is 6.03. The Morgan fingerprint density at radius 3 is 2.56 bits per heavy atom. The van der Waals surface area contributed by atoms with Gasteiger partial charge >= 0.3 is 0 Å². The van der Waals surface area contributed by atoms with Crippen LogP contribution in [-0.2, 0) is 0 Å². The first-order valence-corrected chi connectivity index (χ1v) is 7.84. The van der Waals surface area contributed by atoms with E-state index in [1.165, 1.54) is 6.33 Å². The van der Waals surface area contributed by atoms with Crippen LogP contribution < -0.4 is 9.80 Å². The largest absolute Gasteiger partial charge is 0.316 e. The van der Waals surface area contributed by atoms with Crippen LogP contribution in [0.2, 0.25) is 0 Å². The lowest BCUT2D eigenvalue weighted by molar-refractivity contribution is 0.881. The van der Waals surface area contributed by atoms with E-state index in [0.717, 1.165) is 5.69 Å². The number of nitrogens with one attached hydrogen (secondary N) is 2. The van der Waals surface area contributed by atoms with Gasteiger partial charge in [-0.2, -0.15) is 25.7 Å². The molecule has 27 heavy (non-hydrogen) atoms. The topological polar surface area (TPSA) is 154 Å². The van der Waals surface area contributed by atoms with E-state index in [4.69, 9.17) is 0 Å². The van der Waals surface area contributed by atoms with Gasteiger partial charge in [0.25, 0.3) is 0 Å². The van der Waals surface area contributed by atoms with Gasteiger partial charge in [0.2, 0.25) is 5.82 Å². The molecule has 1 aliphatic heterocycles. The van der Waals surface area contributed by atoms with Gasteiger partial charge in [0, 0.05) is 6.20 Å². The van der Waals surface area contributed by atoms with Gasteiger partial charge in [0.15, 0.2) is 5.82 Å². The summed E-state index contributed by atoms with van der Waals surface area (Å²) in [7, 11) is 0. The van der Waals surface area contributed by atoms with Crippen molar-refractivity contribution in [3.8, 4) is 0 Å². The van der Waals surface area contributed by atoms with Crippen molar-refractivity contribution < 1.29 is 0 Å². The summed E-state index contributed by atoms with van der Waals surface area (Å²) >= 11 is 0. The summed E-state index contributed by atoms with van der Waals surface area (Å²) in [5, 5.41) is 33.5. The molecule has 1 aliphatic rings. The molecule has 0 atom stereocenters. The van der Waals surface area contributed by atoms with Crippen molar-refractivity contribution in [3.63, 3.8) is 0 Å². The Labute approximate surface area is 151 Å². The minimum atomic E-state index is 0.387. The molecule has 5 rings (SSSR count). The third-order valence-corrected chi connectivity index (χ3v) is 3.96. The van der Waals surface area contributed by atoms with Crippen LogP contribution in [0.4, 0.5) is 11.5 Å². The summed E-state index contributed by atoms with van der Waals surface area (Å²) in [6.45, 7) is 0.401. The Kier molecular flexibility index (Phi) is 3.45. The van der Waals surface area contributed by atoms with Gasteiger partial charge in [-0.1, -0.05) is 0 Å². The van der Waals surface area contributed by atoms with E-state index in [9.17, 15) is 0 Å². The van der Waals surface area contributed by atoms with E-state index >= 15 is 0 Å². The normalized spacial score (nSPS) is 14.2. The molecule has 0 fully saturated rings. The first-order chi connectivity index (χ1) is 13.4. The van der Waals surface area contributed by atoms with Crippen molar-refractivity contribution in [1.82, 2.24) is 56.2 Å². The van der Waals surface area contributed by atoms with E-state index in [1.807, 2.05) is 15.9 Å². The molecule has 0 amide bonds. The van der Waals surface area contributed by atoms with Crippen LogP contribution in [0.5, 0.6) is 0 Å². The quantitative estimate of drug-likeness (QED) is 0.492. The maximum absolute atomic E-state index is 4.24. The fourth-order valence-electron chi connectivity index (χ4n) is 2.87. The van der Waals surface area contributed by atoms with Gasteiger partial charge in [0.1, 0.15) is 30.1 Å². The Hall–Kier alpha value is -4.29. The number of H-pyrrole nitrogens is 2.